The number of ether oxygens (including phenoxy) is 1. The van der Waals surface area contributed by atoms with Gasteiger partial charge in [0.15, 0.2) is 0 Å². The van der Waals surface area contributed by atoms with Crippen molar-refractivity contribution in [3.05, 3.63) is 0 Å². The van der Waals surface area contributed by atoms with Crippen molar-refractivity contribution in [1.82, 2.24) is 0 Å². The molecule has 1 N–H and O–H groups in total. The molecule has 0 heterocycles. The van der Waals surface area contributed by atoms with E-state index in [-0.39, 0.29) is 6.10 Å². The van der Waals surface area contributed by atoms with Gasteiger partial charge in [0.05, 0.1) is 6.10 Å². The molecule has 3 atom stereocenters. The molecule has 0 aromatic heterocycles. The van der Waals surface area contributed by atoms with E-state index in [0.29, 0.717) is 5.92 Å². The molecule has 1 fully saturated rings. The molecule has 1 rings (SSSR count). The Morgan fingerprint density at radius 1 is 1.42 bits per heavy atom. The molecule has 0 aromatic rings. The normalized spacial score (nSPS) is 35.8. The van der Waals surface area contributed by atoms with Crippen LogP contribution in [0, 0.1) is 11.8 Å². The molecule has 2 nitrogen and oxygen atoms in total. The van der Waals surface area contributed by atoms with E-state index in [0.717, 1.165) is 25.4 Å². The molecule has 0 spiro atoms. The van der Waals surface area contributed by atoms with Gasteiger partial charge in [-0.05, 0) is 37.5 Å². The van der Waals surface area contributed by atoms with E-state index in [4.69, 9.17) is 4.74 Å². The summed E-state index contributed by atoms with van der Waals surface area (Å²) >= 11 is 0. The molecule has 72 valence electrons. The minimum Gasteiger partial charge on any atom is -0.393 e. The molecule has 0 aliphatic heterocycles. The molecule has 2 heteroatoms. The Balaban J connectivity index is 2.16. The van der Waals surface area contributed by atoms with Crippen molar-refractivity contribution in [3.63, 3.8) is 0 Å². The van der Waals surface area contributed by atoms with Gasteiger partial charge < -0.3 is 9.84 Å². The number of aliphatic hydroxyl groups is 1. The smallest absolute Gasteiger partial charge is 0.0568 e. The second kappa shape index (κ2) is 4.83. The summed E-state index contributed by atoms with van der Waals surface area (Å²) in [5.41, 5.74) is 0. The maximum Gasteiger partial charge on any atom is 0.0568 e. The summed E-state index contributed by atoms with van der Waals surface area (Å²) in [6, 6.07) is 0. The molecular weight excluding hydrogens is 152 g/mol. The van der Waals surface area contributed by atoms with Gasteiger partial charge >= 0.3 is 0 Å². The molecule has 0 aromatic carbocycles. The van der Waals surface area contributed by atoms with Crippen LogP contribution in [-0.4, -0.2) is 24.9 Å². The van der Waals surface area contributed by atoms with Crippen molar-refractivity contribution in [3.8, 4) is 0 Å². The summed E-state index contributed by atoms with van der Waals surface area (Å²) in [6.45, 7) is 3.02. The first kappa shape index (κ1) is 10.0. The molecule has 0 amide bonds. The minimum atomic E-state index is -0.0439. The van der Waals surface area contributed by atoms with Gasteiger partial charge in [-0.2, -0.15) is 0 Å². The topological polar surface area (TPSA) is 29.5 Å². The lowest BCUT2D eigenvalue weighted by atomic mass is 9.92. The summed E-state index contributed by atoms with van der Waals surface area (Å²) in [6.07, 6.45) is 4.51. The van der Waals surface area contributed by atoms with Gasteiger partial charge in [-0.25, -0.2) is 0 Å². The van der Waals surface area contributed by atoms with Crippen LogP contribution in [0.1, 0.15) is 32.6 Å². The summed E-state index contributed by atoms with van der Waals surface area (Å²) in [4.78, 5) is 0. The van der Waals surface area contributed by atoms with Gasteiger partial charge in [0.1, 0.15) is 0 Å². The zero-order valence-electron chi connectivity index (χ0n) is 8.12. The molecule has 3 unspecified atom stereocenters. The summed E-state index contributed by atoms with van der Waals surface area (Å²) < 4.78 is 5.00. The number of aliphatic hydroxyl groups excluding tert-OH is 1. The van der Waals surface area contributed by atoms with Crippen LogP contribution in [0.4, 0.5) is 0 Å². The van der Waals surface area contributed by atoms with Gasteiger partial charge in [0.2, 0.25) is 0 Å². The maximum absolute atomic E-state index is 9.49. The van der Waals surface area contributed by atoms with E-state index in [2.05, 4.69) is 6.92 Å². The van der Waals surface area contributed by atoms with E-state index >= 15 is 0 Å². The monoisotopic (exact) mass is 172 g/mol. The van der Waals surface area contributed by atoms with E-state index in [1.54, 1.807) is 7.11 Å². The third-order valence-corrected chi connectivity index (χ3v) is 3.11. The number of hydrogen-bond acceptors (Lipinski definition) is 2. The van der Waals surface area contributed by atoms with Crippen molar-refractivity contribution in [2.45, 2.75) is 38.7 Å². The van der Waals surface area contributed by atoms with Crippen LogP contribution in [-0.2, 0) is 4.74 Å². The van der Waals surface area contributed by atoms with Crippen LogP contribution in [0.25, 0.3) is 0 Å². The highest BCUT2D eigenvalue weighted by Gasteiger charge is 2.30. The largest absolute Gasteiger partial charge is 0.393 e. The SMILES string of the molecule is COCCCC1CCC(O)C1C. The Labute approximate surface area is 74.9 Å². The number of methoxy groups -OCH3 is 1. The highest BCUT2D eigenvalue weighted by Crippen LogP contribution is 2.34. The molecule has 0 saturated heterocycles. The van der Waals surface area contributed by atoms with E-state index in [1.807, 2.05) is 0 Å². The molecule has 0 radical (unpaired) electrons. The van der Waals surface area contributed by atoms with Crippen molar-refractivity contribution in [2.75, 3.05) is 13.7 Å². The van der Waals surface area contributed by atoms with E-state index in [9.17, 15) is 5.11 Å². The third-order valence-electron chi connectivity index (χ3n) is 3.11. The minimum absolute atomic E-state index is 0.0439. The number of rotatable bonds is 4. The van der Waals surface area contributed by atoms with Crippen molar-refractivity contribution in [2.24, 2.45) is 11.8 Å². The zero-order valence-corrected chi connectivity index (χ0v) is 8.12. The molecular formula is C10H20O2. The van der Waals surface area contributed by atoms with Crippen LogP contribution in [0.2, 0.25) is 0 Å². The fourth-order valence-corrected chi connectivity index (χ4v) is 2.12. The molecule has 1 aliphatic carbocycles. The van der Waals surface area contributed by atoms with Gasteiger partial charge in [0.25, 0.3) is 0 Å². The molecule has 1 saturated carbocycles. The quantitative estimate of drug-likeness (QED) is 0.655. The Kier molecular flexibility index (Phi) is 4.02. The third kappa shape index (κ3) is 2.46. The highest BCUT2D eigenvalue weighted by atomic mass is 16.5. The molecule has 1 aliphatic rings. The fraction of sp³-hybridized carbons (Fsp3) is 1.00. The van der Waals surface area contributed by atoms with E-state index in [1.165, 1.54) is 12.8 Å². The predicted molar refractivity (Wildman–Crippen MR) is 49.0 cm³/mol. The predicted octanol–water partition coefficient (Wildman–Crippen LogP) is 1.82. The van der Waals surface area contributed by atoms with Crippen molar-refractivity contribution >= 4 is 0 Å². The Bertz CT molecular complexity index is 125. The maximum atomic E-state index is 9.49. The average molecular weight is 172 g/mol. The van der Waals surface area contributed by atoms with Gasteiger partial charge in [-0.3, -0.25) is 0 Å². The summed E-state index contributed by atoms with van der Waals surface area (Å²) in [5, 5.41) is 9.49. The van der Waals surface area contributed by atoms with Crippen LogP contribution >= 0.6 is 0 Å². The Morgan fingerprint density at radius 3 is 2.67 bits per heavy atom. The van der Waals surface area contributed by atoms with Crippen LogP contribution < -0.4 is 0 Å². The fourth-order valence-electron chi connectivity index (χ4n) is 2.12. The van der Waals surface area contributed by atoms with Crippen LogP contribution in [0.5, 0.6) is 0 Å². The zero-order chi connectivity index (χ0) is 8.97. The summed E-state index contributed by atoms with van der Waals surface area (Å²) in [7, 11) is 1.74. The summed E-state index contributed by atoms with van der Waals surface area (Å²) in [5.74, 6) is 1.23. The van der Waals surface area contributed by atoms with Crippen molar-refractivity contribution in [1.29, 1.82) is 0 Å². The number of hydrogen-bond donors (Lipinski definition) is 1. The van der Waals surface area contributed by atoms with Gasteiger partial charge in [-0.1, -0.05) is 6.92 Å². The lowest BCUT2D eigenvalue weighted by molar-refractivity contribution is 0.121. The first-order valence-electron chi connectivity index (χ1n) is 4.92. The Morgan fingerprint density at radius 2 is 2.17 bits per heavy atom. The van der Waals surface area contributed by atoms with Crippen LogP contribution in [0.3, 0.4) is 0 Å². The second-order valence-corrected chi connectivity index (χ2v) is 3.90. The average Bonchev–Trinajstić information content (AvgIpc) is 2.36. The Hall–Kier alpha value is -0.0800. The molecule has 12 heavy (non-hydrogen) atoms. The lowest BCUT2D eigenvalue weighted by Crippen LogP contribution is -2.15. The molecule has 0 bridgehead atoms. The first-order chi connectivity index (χ1) is 5.75. The lowest BCUT2D eigenvalue weighted by Gasteiger charge is -2.16. The van der Waals surface area contributed by atoms with E-state index < -0.39 is 0 Å². The highest BCUT2D eigenvalue weighted by molar-refractivity contribution is 4.81. The second-order valence-electron chi connectivity index (χ2n) is 3.90. The van der Waals surface area contributed by atoms with Crippen LogP contribution in [0.15, 0.2) is 0 Å². The standard InChI is InChI=1S/C10H20O2/c1-8-9(4-3-7-12-2)5-6-10(8)11/h8-11H,3-7H2,1-2H3. The van der Waals surface area contributed by atoms with Gasteiger partial charge in [0, 0.05) is 13.7 Å². The van der Waals surface area contributed by atoms with Crippen molar-refractivity contribution < 1.29 is 9.84 Å². The van der Waals surface area contributed by atoms with Gasteiger partial charge in [-0.15, -0.1) is 0 Å². The first-order valence-corrected chi connectivity index (χ1v) is 4.92.